The molecule has 0 aliphatic rings. The summed E-state index contributed by atoms with van der Waals surface area (Å²) in [5, 5.41) is 20.1. The molecule has 0 aliphatic carbocycles. The second-order valence-electron chi connectivity index (χ2n) is 6.64. The van der Waals surface area contributed by atoms with Crippen LogP contribution in [-0.2, 0) is 9.59 Å². The average molecular weight is 367 g/mol. The number of carboxylic acid groups (broad SMARTS) is 2. The first-order chi connectivity index (χ1) is 12.5. The molecule has 0 aliphatic heterocycles. The van der Waals surface area contributed by atoms with Gasteiger partial charge in [-0.1, -0.05) is 63.5 Å². The molecular formula is C22H38O4-2. The fourth-order valence-corrected chi connectivity index (χ4v) is 2.53. The van der Waals surface area contributed by atoms with Crippen LogP contribution in [0.15, 0.2) is 25.3 Å². The van der Waals surface area contributed by atoms with E-state index < -0.39 is 11.9 Å². The number of hydrogen-bond acceptors (Lipinski definition) is 4. The van der Waals surface area contributed by atoms with Crippen LogP contribution >= 0.6 is 0 Å². The van der Waals surface area contributed by atoms with Gasteiger partial charge < -0.3 is 19.8 Å². The molecule has 0 fully saturated rings. The lowest BCUT2D eigenvalue weighted by atomic mass is 10.1. The number of rotatable bonds is 18. The van der Waals surface area contributed by atoms with Crippen LogP contribution in [0.3, 0.4) is 0 Å². The Kier molecular flexibility index (Phi) is 24.0. The van der Waals surface area contributed by atoms with Crippen molar-refractivity contribution in [1.29, 1.82) is 0 Å². The Labute approximate surface area is 160 Å². The van der Waals surface area contributed by atoms with E-state index in [4.69, 9.17) is 0 Å². The summed E-state index contributed by atoms with van der Waals surface area (Å²) >= 11 is 0. The lowest BCUT2D eigenvalue weighted by Gasteiger charge is -2.01. The quantitative estimate of drug-likeness (QED) is 0.270. The van der Waals surface area contributed by atoms with E-state index >= 15 is 0 Å². The van der Waals surface area contributed by atoms with Gasteiger partial charge in [-0.3, -0.25) is 0 Å². The van der Waals surface area contributed by atoms with Crippen molar-refractivity contribution in [2.24, 2.45) is 0 Å². The van der Waals surface area contributed by atoms with Crippen molar-refractivity contribution in [1.82, 2.24) is 0 Å². The Bertz CT molecular complexity index is 316. The first-order valence-corrected chi connectivity index (χ1v) is 10.2. The second kappa shape index (κ2) is 23.4. The molecule has 0 N–H and O–H groups in total. The third kappa shape index (κ3) is 30.3. The molecule has 4 heteroatoms. The Hall–Kier alpha value is -1.58. The van der Waals surface area contributed by atoms with Crippen LogP contribution in [0.4, 0.5) is 0 Å². The maximum atomic E-state index is 10.1. The molecule has 0 unspecified atom stereocenters. The lowest BCUT2D eigenvalue weighted by molar-refractivity contribution is -0.307. The highest BCUT2D eigenvalue weighted by Crippen LogP contribution is 2.09. The van der Waals surface area contributed by atoms with Gasteiger partial charge in [-0.25, -0.2) is 0 Å². The molecule has 152 valence electrons. The average Bonchev–Trinajstić information content (AvgIpc) is 2.60. The fraction of sp³-hybridized carbons (Fsp3) is 0.727. The van der Waals surface area contributed by atoms with Gasteiger partial charge in [-0.2, -0.15) is 0 Å². The summed E-state index contributed by atoms with van der Waals surface area (Å²) in [6, 6.07) is 0. The van der Waals surface area contributed by atoms with Crippen molar-refractivity contribution < 1.29 is 19.8 Å². The molecule has 0 heterocycles. The van der Waals surface area contributed by atoms with E-state index in [1.807, 2.05) is 12.2 Å². The molecule has 0 spiro atoms. The molecule has 0 saturated carbocycles. The number of carboxylic acids is 2. The van der Waals surface area contributed by atoms with Crippen LogP contribution in [0.5, 0.6) is 0 Å². The number of aliphatic carboxylic acids is 2. The molecule has 0 saturated heterocycles. The number of allylic oxidation sites excluding steroid dienone is 2. The SMILES string of the molecule is C=CCCCCCCCCC(=O)[O-].C=CCCCCCCCCC(=O)[O-]. The summed E-state index contributed by atoms with van der Waals surface area (Å²) in [7, 11) is 0. The fourth-order valence-electron chi connectivity index (χ4n) is 2.53. The van der Waals surface area contributed by atoms with Crippen LogP contribution in [0.1, 0.15) is 103 Å². The van der Waals surface area contributed by atoms with E-state index in [1.54, 1.807) is 0 Å². The Morgan fingerprint density at radius 3 is 1.08 bits per heavy atom. The summed E-state index contributed by atoms with van der Waals surface area (Å²) in [5.74, 6) is -1.85. The summed E-state index contributed by atoms with van der Waals surface area (Å²) < 4.78 is 0. The second-order valence-corrected chi connectivity index (χ2v) is 6.64. The zero-order valence-corrected chi connectivity index (χ0v) is 16.5. The van der Waals surface area contributed by atoms with E-state index in [9.17, 15) is 19.8 Å². The van der Waals surface area contributed by atoms with Gasteiger partial charge in [0.2, 0.25) is 0 Å². The largest absolute Gasteiger partial charge is 0.550 e. The van der Waals surface area contributed by atoms with Crippen LogP contribution in [-0.4, -0.2) is 11.9 Å². The van der Waals surface area contributed by atoms with Gasteiger partial charge in [-0.05, 0) is 51.4 Å². The minimum Gasteiger partial charge on any atom is -0.550 e. The Morgan fingerprint density at radius 2 is 0.808 bits per heavy atom. The van der Waals surface area contributed by atoms with Crippen LogP contribution in [0.2, 0.25) is 0 Å². The van der Waals surface area contributed by atoms with Crippen LogP contribution in [0.25, 0.3) is 0 Å². The molecule has 0 aromatic heterocycles. The third-order valence-corrected chi connectivity index (χ3v) is 4.08. The van der Waals surface area contributed by atoms with Crippen molar-refractivity contribution >= 4 is 11.9 Å². The number of unbranched alkanes of at least 4 members (excludes halogenated alkanes) is 12. The highest BCUT2D eigenvalue weighted by Gasteiger charge is 1.92. The summed E-state index contributed by atoms with van der Waals surface area (Å²) in [6.07, 6.45) is 19.7. The van der Waals surface area contributed by atoms with Gasteiger partial charge in [0, 0.05) is 11.9 Å². The minimum absolute atomic E-state index is 0.215. The van der Waals surface area contributed by atoms with E-state index in [0.29, 0.717) is 0 Å². The molecule has 0 bridgehead atoms. The highest BCUT2D eigenvalue weighted by molar-refractivity contribution is 5.64. The molecular weight excluding hydrogens is 328 g/mol. The third-order valence-electron chi connectivity index (χ3n) is 4.08. The van der Waals surface area contributed by atoms with Crippen LogP contribution in [0, 0.1) is 0 Å². The van der Waals surface area contributed by atoms with Gasteiger partial charge in [0.1, 0.15) is 0 Å². The molecule has 26 heavy (non-hydrogen) atoms. The summed E-state index contributed by atoms with van der Waals surface area (Å²) in [5.41, 5.74) is 0. The number of carbonyl (C=O) groups excluding carboxylic acids is 2. The van der Waals surface area contributed by atoms with E-state index in [-0.39, 0.29) is 12.8 Å². The van der Waals surface area contributed by atoms with Gasteiger partial charge in [0.05, 0.1) is 0 Å². The number of carbonyl (C=O) groups is 2. The van der Waals surface area contributed by atoms with Crippen LogP contribution < -0.4 is 10.2 Å². The zero-order chi connectivity index (χ0) is 19.9. The van der Waals surface area contributed by atoms with Gasteiger partial charge in [0.15, 0.2) is 0 Å². The normalized spacial score (nSPS) is 9.85. The van der Waals surface area contributed by atoms with Crippen molar-refractivity contribution in [3.63, 3.8) is 0 Å². The van der Waals surface area contributed by atoms with E-state index in [1.165, 1.54) is 38.5 Å². The van der Waals surface area contributed by atoms with Crippen molar-refractivity contribution in [3.05, 3.63) is 25.3 Å². The maximum Gasteiger partial charge on any atom is 0.0414 e. The standard InChI is InChI=1S/2C11H20O2/c2*1-2-3-4-5-6-7-8-9-10-11(12)13/h2*2H,1,3-10H2,(H,12,13)/p-2. The first-order valence-electron chi connectivity index (χ1n) is 10.2. The molecule has 0 atom stereocenters. The minimum atomic E-state index is -0.924. The van der Waals surface area contributed by atoms with Crippen molar-refractivity contribution in [3.8, 4) is 0 Å². The molecule has 4 nitrogen and oxygen atoms in total. The summed E-state index contributed by atoms with van der Waals surface area (Å²) in [4.78, 5) is 20.1. The number of hydrogen-bond donors (Lipinski definition) is 0. The molecule has 0 aromatic rings. The first kappa shape index (κ1) is 26.6. The maximum absolute atomic E-state index is 10.1. The molecule has 0 radical (unpaired) electrons. The summed E-state index contributed by atoms with van der Waals surface area (Å²) in [6.45, 7) is 7.31. The predicted octanol–water partition coefficient (Wildman–Crippen LogP) is 4.09. The van der Waals surface area contributed by atoms with Crippen molar-refractivity contribution in [2.75, 3.05) is 0 Å². The van der Waals surface area contributed by atoms with E-state index in [2.05, 4.69) is 13.2 Å². The Balaban J connectivity index is 0. The predicted molar refractivity (Wildman–Crippen MR) is 104 cm³/mol. The molecule has 0 amide bonds. The zero-order valence-electron chi connectivity index (χ0n) is 16.5. The molecule has 0 aromatic carbocycles. The monoisotopic (exact) mass is 366 g/mol. The van der Waals surface area contributed by atoms with E-state index in [0.717, 1.165) is 51.4 Å². The van der Waals surface area contributed by atoms with Gasteiger partial charge in [-0.15, -0.1) is 13.2 Å². The van der Waals surface area contributed by atoms with Crippen molar-refractivity contribution in [2.45, 2.75) is 103 Å². The van der Waals surface area contributed by atoms with Gasteiger partial charge >= 0.3 is 0 Å². The highest BCUT2D eigenvalue weighted by atomic mass is 16.4. The van der Waals surface area contributed by atoms with Gasteiger partial charge in [0.25, 0.3) is 0 Å². The smallest absolute Gasteiger partial charge is 0.0414 e. The lowest BCUT2D eigenvalue weighted by Crippen LogP contribution is -2.21. The Morgan fingerprint density at radius 1 is 0.538 bits per heavy atom. The molecule has 0 rings (SSSR count). The topological polar surface area (TPSA) is 80.3 Å².